The predicted molar refractivity (Wildman–Crippen MR) is 104 cm³/mol. The first-order valence-corrected chi connectivity index (χ1v) is 10.5. The zero-order valence-corrected chi connectivity index (χ0v) is 16.3. The monoisotopic (exact) mass is 399 g/mol. The highest BCUT2D eigenvalue weighted by atomic mass is 32.2. The van der Waals surface area contributed by atoms with Crippen molar-refractivity contribution in [2.45, 2.75) is 11.3 Å². The summed E-state index contributed by atoms with van der Waals surface area (Å²) in [5, 5.41) is 5.71. The zero-order valence-electron chi connectivity index (χ0n) is 15.5. The number of carbonyl (C=O) groups is 1. The second-order valence-electron chi connectivity index (χ2n) is 6.78. The Morgan fingerprint density at radius 2 is 1.89 bits per heavy atom. The molecule has 3 aromatic rings. The second-order valence-corrected chi connectivity index (χ2v) is 8.72. The van der Waals surface area contributed by atoms with E-state index in [0.29, 0.717) is 31.7 Å². The molecule has 0 aliphatic carbocycles. The number of carbonyl (C=O) groups excluding carboxylic acids is 1. The Hall–Kier alpha value is -2.78. The maximum atomic E-state index is 13.1. The van der Waals surface area contributed by atoms with Gasteiger partial charge in [0.05, 0.1) is 6.20 Å². The highest BCUT2D eigenvalue weighted by Gasteiger charge is 2.30. The second kappa shape index (κ2) is 7.33. The third kappa shape index (κ3) is 3.38. The fourth-order valence-corrected chi connectivity index (χ4v) is 4.91. The van der Waals surface area contributed by atoms with Crippen molar-refractivity contribution in [1.82, 2.24) is 24.0 Å². The fourth-order valence-electron chi connectivity index (χ4n) is 3.46. The van der Waals surface area contributed by atoms with Crippen LogP contribution in [-0.4, -0.2) is 64.5 Å². The van der Waals surface area contributed by atoms with Crippen LogP contribution < -0.4 is 0 Å². The summed E-state index contributed by atoms with van der Waals surface area (Å²) < 4.78 is 28.6. The van der Waals surface area contributed by atoms with Crippen molar-refractivity contribution in [1.29, 1.82) is 0 Å². The Balaban J connectivity index is 1.55. The molecule has 146 valence electrons. The fraction of sp³-hybridized carbons (Fsp3) is 0.316. The number of benzene rings is 1. The van der Waals surface area contributed by atoms with Crippen molar-refractivity contribution in [2.75, 3.05) is 26.2 Å². The first kappa shape index (κ1) is 18.6. The van der Waals surface area contributed by atoms with Gasteiger partial charge < -0.3 is 4.90 Å². The van der Waals surface area contributed by atoms with Gasteiger partial charge >= 0.3 is 0 Å². The highest BCUT2D eigenvalue weighted by molar-refractivity contribution is 7.89. The number of aromatic nitrogens is 3. The SMILES string of the molecule is Cn1cc(S(=O)(=O)N2CCCN(C(=O)c3nccc4ccccc34)CC2)cn1. The van der Waals surface area contributed by atoms with Crippen LogP contribution in [0.25, 0.3) is 10.8 Å². The largest absolute Gasteiger partial charge is 0.336 e. The van der Waals surface area contributed by atoms with E-state index in [-0.39, 0.29) is 17.3 Å². The molecule has 1 fully saturated rings. The van der Waals surface area contributed by atoms with Crippen LogP contribution in [0, 0.1) is 0 Å². The molecule has 8 nitrogen and oxygen atoms in total. The van der Waals surface area contributed by atoms with Crippen LogP contribution in [0.4, 0.5) is 0 Å². The topological polar surface area (TPSA) is 88.4 Å². The highest BCUT2D eigenvalue weighted by Crippen LogP contribution is 2.20. The Bertz CT molecular complexity index is 1120. The minimum atomic E-state index is -3.62. The molecular weight excluding hydrogens is 378 g/mol. The van der Waals surface area contributed by atoms with Gasteiger partial charge in [0.2, 0.25) is 10.0 Å². The Kier molecular flexibility index (Phi) is 4.86. The van der Waals surface area contributed by atoms with E-state index in [0.717, 1.165) is 10.8 Å². The van der Waals surface area contributed by atoms with E-state index in [4.69, 9.17) is 0 Å². The summed E-state index contributed by atoms with van der Waals surface area (Å²) >= 11 is 0. The van der Waals surface area contributed by atoms with Gasteiger partial charge in [-0.15, -0.1) is 0 Å². The summed E-state index contributed by atoms with van der Waals surface area (Å²) in [6, 6.07) is 9.50. The molecule has 0 bridgehead atoms. The summed E-state index contributed by atoms with van der Waals surface area (Å²) in [4.78, 5) is 19.2. The van der Waals surface area contributed by atoms with Crippen LogP contribution in [0.1, 0.15) is 16.9 Å². The molecule has 2 aromatic heterocycles. The van der Waals surface area contributed by atoms with Gasteiger partial charge in [0.15, 0.2) is 0 Å². The molecule has 9 heteroatoms. The van der Waals surface area contributed by atoms with Gasteiger partial charge in [-0.05, 0) is 17.9 Å². The number of hydrogen-bond donors (Lipinski definition) is 0. The molecule has 1 aliphatic rings. The van der Waals surface area contributed by atoms with E-state index in [9.17, 15) is 13.2 Å². The third-order valence-electron chi connectivity index (χ3n) is 4.94. The standard InChI is InChI=1S/C19H21N5O3S/c1-22-14-16(13-21-22)28(26,27)24-10-4-9-23(11-12-24)19(25)18-17-6-3-2-5-15(17)7-8-20-18/h2-3,5-8,13-14H,4,9-12H2,1H3. The maximum Gasteiger partial charge on any atom is 0.273 e. The maximum absolute atomic E-state index is 13.1. The van der Waals surface area contributed by atoms with Gasteiger partial charge in [0.1, 0.15) is 10.6 Å². The number of aryl methyl sites for hydroxylation is 1. The lowest BCUT2D eigenvalue weighted by Gasteiger charge is -2.21. The van der Waals surface area contributed by atoms with E-state index >= 15 is 0 Å². The van der Waals surface area contributed by atoms with E-state index < -0.39 is 10.0 Å². The quantitative estimate of drug-likeness (QED) is 0.666. The van der Waals surface area contributed by atoms with E-state index in [2.05, 4.69) is 10.1 Å². The van der Waals surface area contributed by atoms with Crippen molar-refractivity contribution >= 4 is 26.7 Å². The molecule has 0 radical (unpaired) electrons. The molecule has 28 heavy (non-hydrogen) atoms. The lowest BCUT2D eigenvalue weighted by Crippen LogP contribution is -2.37. The van der Waals surface area contributed by atoms with Crippen LogP contribution in [0.15, 0.2) is 53.8 Å². The number of rotatable bonds is 3. The van der Waals surface area contributed by atoms with Gasteiger partial charge in [0, 0.05) is 51.0 Å². The number of nitrogens with zero attached hydrogens (tertiary/aromatic N) is 5. The summed E-state index contributed by atoms with van der Waals surface area (Å²) in [5.74, 6) is -0.169. The van der Waals surface area contributed by atoms with Gasteiger partial charge in [-0.2, -0.15) is 9.40 Å². The molecule has 0 spiro atoms. The lowest BCUT2D eigenvalue weighted by molar-refractivity contribution is 0.0760. The minimum Gasteiger partial charge on any atom is -0.336 e. The van der Waals surface area contributed by atoms with Crippen LogP contribution in [-0.2, 0) is 17.1 Å². The van der Waals surface area contributed by atoms with Crippen molar-refractivity contribution in [2.24, 2.45) is 7.05 Å². The lowest BCUT2D eigenvalue weighted by atomic mass is 10.1. The average molecular weight is 399 g/mol. The molecule has 1 amide bonds. The number of sulfonamides is 1. The van der Waals surface area contributed by atoms with Gasteiger partial charge in [-0.1, -0.05) is 24.3 Å². The Labute approximate surface area is 163 Å². The molecule has 0 N–H and O–H groups in total. The summed E-state index contributed by atoms with van der Waals surface area (Å²) in [5.41, 5.74) is 0.404. The molecule has 1 saturated heterocycles. The first-order valence-electron chi connectivity index (χ1n) is 9.08. The van der Waals surface area contributed by atoms with Crippen LogP contribution in [0.3, 0.4) is 0 Å². The predicted octanol–water partition coefficient (Wildman–Crippen LogP) is 1.51. The Morgan fingerprint density at radius 3 is 2.68 bits per heavy atom. The van der Waals surface area contributed by atoms with Crippen LogP contribution in [0.2, 0.25) is 0 Å². The summed E-state index contributed by atoms with van der Waals surface area (Å²) in [7, 11) is -1.94. The van der Waals surface area contributed by atoms with E-state index in [1.165, 1.54) is 21.4 Å². The van der Waals surface area contributed by atoms with E-state index in [1.807, 2.05) is 30.3 Å². The van der Waals surface area contributed by atoms with Gasteiger partial charge in [0.25, 0.3) is 5.91 Å². The smallest absolute Gasteiger partial charge is 0.273 e. The third-order valence-corrected chi connectivity index (χ3v) is 6.79. The van der Waals surface area contributed by atoms with Gasteiger partial charge in [-0.25, -0.2) is 8.42 Å². The molecule has 1 aromatic carbocycles. The van der Waals surface area contributed by atoms with Crippen molar-refractivity contribution in [3.05, 3.63) is 54.6 Å². The van der Waals surface area contributed by atoms with Crippen LogP contribution in [0.5, 0.6) is 0 Å². The number of hydrogen-bond acceptors (Lipinski definition) is 5. The minimum absolute atomic E-state index is 0.169. The molecule has 0 saturated carbocycles. The number of pyridine rings is 1. The number of fused-ring (bicyclic) bond motifs is 1. The summed E-state index contributed by atoms with van der Waals surface area (Å²) in [6.07, 6.45) is 5.04. The molecule has 3 heterocycles. The molecule has 0 unspecified atom stereocenters. The normalized spacial score (nSPS) is 16.2. The molecular formula is C19H21N5O3S. The Morgan fingerprint density at radius 1 is 1.07 bits per heavy atom. The average Bonchev–Trinajstić information content (AvgIpc) is 2.99. The molecule has 1 aliphatic heterocycles. The van der Waals surface area contributed by atoms with Crippen LogP contribution >= 0.6 is 0 Å². The van der Waals surface area contributed by atoms with Gasteiger partial charge in [-0.3, -0.25) is 14.5 Å². The molecule has 0 atom stereocenters. The number of amides is 1. The first-order chi connectivity index (χ1) is 13.5. The van der Waals surface area contributed by atoms with E-state index in [1.54, 1.807) is 18.1 Å². The summed E-state index contributed by atoms with van der Waals surface area (Å²) in [6.45, 7) is 1.42. The van der Waals surface area contributed by atoms with Crippen molar-refractivity contribution in [3.8, 4) is 0 Å². The van der Waals surface area contributed by atoms with Crippen molar-refractivity contribution in [3.63, 3.8) is 0 Å². The van der Waals surface area contributed by atoms with Crippen molar-refractivity contribution < 1.29 is 13.2 Å². The zero-order chi connectivity index (χ0) is 19.7. The molecule has 4 rings (SSSR count).